The Morgan fingerprint density at radius 3 is 2.56 bits per heavy atom. The average Bonchev–Trinajstić information content (AvgIpc) is 3.04. The van der Waals surface area contributed by atoms with Crippen molar-refractivity contribution >= 4 is 23.5 Å². The zero-order chi connectivity index (χ0) is 20.2. The lowest BCUT2D eigenvalue weighted by Crippen LogP contribution is -2.41. The molecule has 0 aliphatic rings. The maximum atomic E-state index is 12.9. The molecular formula is C19H24ClN3O4. The molecule has 0 spiro atoms. The first kappa shape index (κ1) is 20.9. The summed E-state index contributed by atoms with van der Waals surface area (Å²) in [6.45, 7) is 6.08. The molecule has 27 heavy (non-hydrogen) atoms. The lowest BCUT2D eigenvalue weighted by Gasteiger charge is -2.18. The predicted molar refractivity (Wildman–Crippen MR) is 103 cm³/mol. The van der Waals surface area contributed by atoms with E-state index in [-0.39, 0.29) is 24.1 Å². The highest BCUT2D eigenvalue weighted by molar-refractivity contribution is 6.33. The van der Waals surface area contributed by atoms with E-state index in [0.29, 0.717) is 16.3 Å². The number of carbonyl (C=O) groups excluding carboxylic acids is 1. The summed E-state index contributed by atoms with van der Waals surface area (Å²) in [6.07, 6.45) is 1.77. The first-order valence-electron chi connectivity index (χ1n) is 8.52. The third kappa shape index (κ3) is 5.08. The van der Waals surface area contributed by atoms with E-state index in [2.05, 4.69) is 10.4 Å². The minimum atomic E-state index is -1.12. The normalized spacial score (nSPS) is 12.6. The summed E-state index contributed by atoms with van der Waals surface area (Å²) < 4.78 is 6.59. The number of hydrogen-bond acceptors (Lipinski definition) is 4. The van der Waals surface area contributed by atoms with Gasteiger partial charge in [0.1, 0.15) is 11.7 Å². The number of carbonyl (C=O) groups is 2. The number of aliphatic carboxylic acids is 1. The number of halogens is 1. The average molecular weight is 394 g/mol. The van der Waals surface area contributed by atoms with Crippen LogP contribution in [0.1, 0.15) is 37.6 Å². The van der Waals surface area contributed by atoms with E-state index in [1.165, 1.54) is 7.11 Å². The fraction of sp³-hybridized carbons (Fsp3) is 0.421. The van der Waals surface area contributed by atoms with E-state index in [1.54, 1.807) is 35.1 Å². The van der Waals surface area contributed by atoms with Gasteiger partial charge in [-0.15, -0.1) is 0 Å². The number of methoxy groups -OCH3 is 1. The van der Waals surface area contributed by atoms with Crippen LogP contribution in [0.2, 0.25) is 5.02 Å². The molecule has 2 rings (SSSR count). The molecule has 2 aromatic rings. The second-order valence-corrected chi connectivity index (χ2v) is 7.54. The van der Waals surface area contributed by atoms with Gasteiger partial charge in [-0.25, -0.2) is 4.79 Å². The molecule has 0 saturated carbocycles. The van der Waals surface area contributed by atoms with Gasteiger partial charge in [-0.1, -0.05) is 29.8 Å². The summed E-state index contributed by atoms with van der Waals surface area (Å²) in [6, 6.07) is 6.02. The maximum Gasteiger partial charge on any atom is 0.326 e. The number of nitrogens with zero attached hydrogens (tertiary/aromatic N) is 2. The Balaban J connectivity index is 2.45. The molecule has 1 atom stereocenters. The van der Waals surface area contributed by atoms with Crippen LogP contribution in [0.25, 0.3) is 11.3 Å². The molecule has 1 heterocycles. The third-order valence-electron chi connectivity index (χ3n) is 3.99. The summed E-state index contributed by atoms with van der Waals surface area (Å²) in [5.41, 5.74) is 0.915. The van der Waals surface area contributed by atoms with Gasteiger partial charge in [0.25, 0.3) is 5.91 Å². The summed E-state index contributed by atoms with van der Waals surface area (Å²) in [5, 5.41) is 16.9. The minimum Gasteiger partial charge on any atom is -0.480 e. The predicted octanol–water partition coefficient (Wildman–Crippen LogP) is 3.18. The summed E-state index contributed by atoms with van der Waals surface area (Å²) in [5.74, 6) is -1.65. The molecule has 146 valence electrons. The number of nitrogens with one attached hydrogen (secondary N) is 1. The SMILES string of the molecule is COCCC(NC(=O)c1cn(C(C)(C)C)nc1-c1ccccc1Cl)C(=O)O. The fourth-order valence-corrected chi connectivity index (χ4v) is 2.69. The largest absolute Gasteiger partial charge is 0.480 e. The molecule has 0 radical (unpaired) electrons. The Labute approximate surface area is 163 Å². The van der Waals surface area contributed by atoms with Crippen LogP contribution in [0.15, 0.2) is 30.5 Å². The Morgan fingerprint density at radius 1 is 1.33 bits per heavy atom. The topological polar surface area (TPSA) is 93.5 Å². The van der Waals surface area contributed by atoms with Gasteiger partial charge in [-0.05, 0) is 26.8 Å². The molecule has 0 fully saturated rings. The lowest BCUT2D eigenvalue weighted by molar-refractivity contribution is -0.139. The van der Waals surface area contributed by atoms with E-state index in [1.807, 2.05) is 20.8 Å². The molecule has 7 nitrogen and oxygen atoms in total. The molecule has 0 saturated heterocycles. The minimum absolute atomic E-state index is 0.159. The van der Waals surface area contributed by atoms with Gasteiger partial charge in [0, 0.05) is 31.9 Å². The van der Waals surface area contributed by atoms with E-state index in [0.717, 1.165) is 0 Å². The second-order valence-electron chi connectivity index (χ2n) is 7.13. The van der Waals surface area contributed by atoms with Crippen molar-refractivity contribution in [3.05, 3.63) is 41.0 Å². The van der Waals surface area contributed by atoms with Crippen LogP contribution in [0.3, 0.4) is 0 Å². The molecular weight excluding hydrogens is 370 g/mol. The van der Waals surface area contributed by atoms with Crippen LogP contribution < -0.4 is 5.32 Å². The third-order valence-corrected chi connectivity index (χ3v) is 4.32. The smallest absolute Gasteiger partial charge is 0.326 e. The van der Waals surface area contributed by atoms with Gasteiger partial charge in [0.15, 0.2) is 0 Å². The van der Waals surface area contributed by atoms with E-state index >= 15 is 0 Å². The van der Waals surface area contributed by atoms with Crippen molar-refractivity contribution in [1.29, 1.82) is 0 Å². The monoisotopic (exact) mass is 393 g/mol. The second kappa shape index (κ2) is 8.54. The highest BCUT2D eigenvalue weighted by Crippen LogP contribution is 2.30. The Kier molecular flexibility index (Phi) is 6.62. The van der Waals surface area contributed by atoms with Crippen LogP contribution >= 0.6 is 11.6 Å². The van der Waals surface area contributed by atoms with Gasteiger partial charge >= 0.3 is 5.97 Å². The molecule has 2 N–H and O–H groups in total. The zero-order valence-electron chi connectivity index (χ0n) is 15.8. The number of benzene rings is 1. The van der Waals surface area contributed by atoms with Crippen LogP contribution in [-0.4, -0.2) is 46.5 Å². The fourth-order valence-electron chi connectivity index (χ4n) is 2.46. The Hall–Kier alpha value is -2.38. The molecule has 8 heteroatoms. The van der Waals surface area contributed by atoms with Gasteiger partial charge in [0.05, 0.1) is 16.1 Å². The number of amides is 1. The molecule has 0 aliphatic heterocycles. The standard InChI is InChI=1S/C19H24ClN3O4/c1-19(2,3)23-11-13(16(22-23)12-7-5-6-8-14(12)20)17(24)21-15(18(25)26)9-10-27-4/h5-8,11,15H,9-10H2,1-4H3,(H,21,24)(H,25,26). The van der Waals surface area contributed by atoms with Crippen molar-refractivity contribution in [1.82, 2.24) is 15.1 Å². The van der Waals surface area contributed by atoms with Crippen LogP contribution in [0, 0.1) is 0 Å². The van der Waals surface area contributed by atoms with Crippen molar-refractivity contribution in [2.75, 3.05) is 13.7 Å². The number of carboxylic acids is 1. The van der Waals surface area contributed by atoms with Crippen molar-refractivity contribution < 1.29 is 19.4 Å². The van der Waals surface area contributed by atoms with Gasteiger partial charge in [-0.2, -0.15) is 5.10 Å². The molecule has 0 bridgehead atoms. The summed E-state index contributed by atoms with van der Waals surface area (Å²) in [7, 11) is 1.48. The maximum absolute atomic E-state index is 12.9. The summed E-state index contributed by atoms with van der Waals surface area (Å²) >= 11 is 6.29. The van der Waals surface area contributed by atoms with Gasteiger partial charge in [-0.3, -0.25) is 9.48 Å². The molecule has 1 unspecified atom stereocenters. The Bertz CT molecular complexity index is 827. The van der Waals surface area contributed by atoms with Crippen molar-refractivity contribution in [2.45, 2.75) is 38.8 Å². The highest BCUT2D eigenvalue weighted by Gasteiger charge is 2.27. The van der Waals surface area contributed by atoms with Gasteiger partial charge in [0.2, 0.25) is 0 Å². The molecule has 1 aromatic heterocycles. The number of aromatic nitrogens is 2. The highest BCUT2D eigenvalue weighted by atomic mass is 35.5. The van der Waals surface area contributed by atoms with Crippen LogP contribution in [-0.2, 0) is 15.1 Å². The van der Waals surface area contributed by atoms with E-state index < -0.39 is 17.9 Å². The van der Waals surface area contributed by atoms with Crippen molar-refractivity contribution in [3.63, 3.8) is 0 Å². The van der Waals surface area contributed by atoms with Crippen LogP contribution in [0.4, 0.5) is 0 Å². The van der Waals surface area contributed by atoms with E-state index in [9.17, 15) is 14.7 Å². The van der Waals surface area contributed by atoms with E-state index in [4.69, 9.17) is 16.3 Å². The van der Waals surface area contributed by atoms with Gasteiger partial charge < -0.3 is 15.2 Å². The summed E-state index contributed by atoms with van der Waals surface area (Å²) in [4.78, 5) is 24.3. The molecule has 1 amide bonds. The molecule has 0 aliphatic carbocycles. The molecule has 1 aromatic carbocycles. The number of hydrogen-bond donors (Lipinski definition) is 2. The van der Waals surface area contributed by atoms with Crippen molar-refractivity contribution in [2.24, 2.45) is 0 Å². The first-order valence-corrected chi connectivity index (χ1v) is 8.90. The van der Waals surface area contributed by atoms with Crippen LogP contribution in [0.5, 0.6) is 0 Å². The lowest BCUT2D eigenvalue weighted by atomic mass is 10.1. The van der Waals surface area contributed by atoms with Crippen molar-refractivity contribution in [3.8, 4) is 11.3 Å². The Morgan fingerprint density at radius 2 is 2.00 bits per heavy atom. The first-order chi connectivity index (χ1) is 12.6. The number of ether oxygens (including phenoxy) is 1. The zero-order valence-corrected chi connectivity index (χ0v) is 16.6. The quantitative estimate of drug-likeness (QED) is 0.753. The number of carboxylic acid groups (broad SMARTS) is 1. The number of rotatable bonds is 7.